The number of hydrogen-bond acceptors (Lipinski definition) is 8. The number of para-hydroxylation sites is 1. The van der Waals surface area contributed by atoms with Crippen molar-refractivity contribution in [3.8, 4) is 17.6 Å². The zero-order chi connectivity index (χ0) is 21.6. The van der Waals surface area contributed by atoms with Crippen LogP contribution < -0.4 is 14.8 Å². The molecule has 0 unspecified atom stereocenters. The van der Waals surface area contributed by atoms with Crippen LogP contribution in [0.2, 0.25) is 0 Å². The third-order valence-corrected chi connectivity index (χ3v) is 3.88. The van der Waals surface area contributed by atoms with Gasteiger partial charge in [-0.15, -0.1) is 0 Å². The number of nitriles is 1. The maximum Gasteiger partial charge on any atom is 0.346 e. The van der Waals surface area contributed by atoms with Gasteiger partial charge in [-0.2, -0.15) is 5.26 Å². The van der Waals surface area contributed by atoms with Crippen molar-refractivity contribution in [1.82, 2.24) is 0 Å². The summed E-state index contributed by atoms with van der Waals surface area (Å²) in [6, 6.07) is 10.4. The van der Waals surface area contributed by atoms with Gasteiger partial charge in [-0.05, 0) is 19.1 Å². The van der Waals surface area contributed by atoms with Gasteiger partial charge in [0.2, 0.25) is 0 Å². The van der Waals surface area contributed by atoms with Gasteiger partial charge in [0.15, 0.2) is 17.6 Å². The smallest absolute Gasteiger partial charge is 0.346 e. The highest BCUT2D eigenvalue weighted by atomic mass is 16.6. The Morgan fingerprint density at radius 1 is 1.17 bits per heavy atom. The molecular formula is C19H17N3O7. The normalized spacial score (nSPS) is 11.0. The monoisotopic (exact) mass is 399 g/mol. The Bertz CT molecular complexity index is 998. The lowest BCUT2D eigenvalue weighted by Gasteiger charge is -2.15. The maximum absolute atomic E-state index is 12.5. The van der Waals surface area contributed by atoms with Crippen molar-refractivity contribution in [2.45, 2.75) is 13.0 Å². The summed E-state index contributed by atoms with van der Waals surface area (Å²) in [6.07, 6.45) is -1.29. The summed E-state index contributed by atoms with van der Waals surface area (Å²) in [5.74, 6) is -1.64. The van der Waals surface area contributed by atoms with Crippen LogP contribution in [0.25, 0.3) is 0 Å². The molecule has 0 bridgehead atoms. The van der Waals surface area contributed by atoms with Crippen molar-refractivity contribution in [3.63, 3.8) is 0 Å². The molecule has 2 rings (SSSR count). The van der Waals surface area contributed by atoms with Crippen LogP contribution in [-0.4, -0.2) is 37.1 Å². The van der Waals surface area contributed by atoms with Crippen molar-refractivity contribution in [1.29, 1.82) is 5.26 Å². The van der Waals surface area contributed by atoms with E-state index in [1.807, 2.05) is 6.07 Å². The Morgan fingerprint density at radius 3 is 2.38 bits per heavy atom. The largest absolute Gasteiger partial charge is 0.493 e. The first-order chi connectivity index (χ1) is 13.8. The molecule has 10 nitrogen and oxygen atoms in total. The number of nitro benzene ring substituents is 1. The molecule has 0 spiro atoms. The Kier molecular flexibility index (Phi) is 6.71. The number of hydrogen-bond donors (Lipinski definition) is 1. The van der Waals surface area contributed by atoms with E-state index in [-0.39, 0.29) is 22.7 Å². The molecule has 0 aromatic heterocycles. The maximum atomic E-state index is 12.5. The Hall–Kier alpha value is -4.13. The SMILES string of the molecule is COc1cc(C(=O)O[C@H](C)C(=O)Nc2ccccc2C#N)c([N+](=O)[O-])cc1OC. The molecule has 1 atom stereocenters. The summed E-state index contributed by atoms with van der Waals surface area (Å²) >= 11 is 0. The summed E-state index contributed by atoms with van der Waals surface area (Å²) in [4.78, 5) is 35.3. The predicted octanol–water partition coefficient (Wildman–Crippen LogP) is 2.67. The van der Waals surface area contributed by atoms with Gasteiger partial charge in [-0.3, -0.25) is 14.9 Å². The third-order valence-electron chi connectivity index (χ3n) is 3.88. The number of benzene rings is 2. The molecule has 2 aromatic rings. The fourth-order valence-corrected chi connectivity index (χ4v) is 2.38. The number of methoxy groups -OCH3 is 2. The molecule has 2 aromatic carbocycles. The summed E-state index contributed by atoms with van der Waals surface area (Å²) in [6.45, 7) is 1.30. The number of nitrogens with one attached hydrogen (secondary N) is 1. The lowest BCUT2D eigenvalue weighted by molar-refractivity contribution is -0.385. The highest BCUT2D eigenvalue weighted by Crippen LogP contribution is 2.35. The molecule has 0 saturated heterocycles. The summed E-state index contributed by atoms with van der Waals surface area (Å²) in [7, 11) is 2.60. The van der Waals surface area contributed by atoms with Crippen LogP contribution in [-0.2, 0) is 9.53 Å². The molecule has 1 amide bonds. The van der Waals surface area contributed by atoms with E-state index in [9.17, 15) is 19.7 Å². The minimum atomic E-state index is -1.29. The van der Waals surface area contributed by atoms with E-state index in [1.54, 1.807) is 12.1 Å². The van der Waals surface area contributed by atoms with Crippen LogP contribution in [0.4, 0.5) is 11.4 Å². The number of carbonyl (C=O) groups excluding carboxylic acids is 2. The summed E-state index contributed by atoms with van der Waals surface area (Å²) in [5, 5.41) is 22.9. The average molecular weight is 399 g/mol. The van der Waals surface area contributed by atoms with Crippen molar-refractivity contribution in [2.75, 3.05) is 19.5 Å². The van der Waals surface area contributed by atoms with Gasteiger partial charge >= 0.3 is 5.97 Å². The second-order valence-electron chi connectivity index (χ2n) is 5.68. The number of nitro groups is 1. The molecule has 29 heavy (non-hydrogen) atoms. The third kappa shape index (κ3) is 4.78. The van der Waals surface area contributed by atoms with Gasteiger partial charge in [-0.25, -0.2) is 4.79 Å². The van der Waals surface area contributed by atoms with Crippen LogP contribution in [0.5, 0.6) is 11.5 Å². The molecule has 0 fully saturated rings. The van der Waals surface area contributed by atoms with Gasteiger partial charge in [0.1, 0.15) is 11.6 Å². The molecule has 1 N–H and O–H groups in total. The van der Waals surface area contributed by atoms with E-state index >= 15 is 0 Å². The molecular weight excluding hydrogens is 382 g/mol. The first-order valence-electron chi connectivity index (χ1n) is 8.23. The number of carbonyl (C=O) groups is 2. The van der Waals surface area contributed by atoms with Gasteiger partial charge in [0, 0.05) is 6.07 Å². The molecule has 150 valence electrons. The molecule has 10 heteroatoms. The van der Waals surface area contributed by atoms with Crippen LogP contribution in [0.1, 0.15) is 22.8 Å². The molecule has 0 aliphatic rings. The highest BCUT2D eigenvalue weighted by Gasteiger charge is 2.28. The van der Waals surface area contributed by atoms with Gasteiger partial charge in [-0.1, -0.05) is 12.1 Å². The second kappa shape index (κ2) is 9.18. The minimum Gasteiger partial charge on any atom is -0.493 e. The molecule has 0 aliphatic heterocycles. The predicted molar refractivity (Wildman–Crippen MR) is 101 cm³/mol. The van der Waals surface area contributed by atoms with E-state index < -0.39 is 34.2 Å². The van der Waals surface area contributed by atoms with Crippen molar-refractivity contribution in [2.24, 2.45) is 0 Å². The number of nitrogens with zero attached hydrogens (tertiary/aromatic N) is 2. The van der Waals surface area contributed by atoms with Crippen molar-refractivity contribution in [3.05, 3.63) is 57.6 Å². The van der Waals surface area contributed by atoms with E-state index in [1.165, 1.54) is 33.3 Å². The van der Waals surface area contributed by atoms with Crippen LogP contribution in [0.15, 0.2) is 36.4 Å². The van der Waals surface area contributed by atoms with E-state index in [0.717, 1.165) is 12.1 Å². The standard InChI is InChI=1S/C19H17N3O7/c1-11(18(23)21-14-7-5-4-6-12(14)10-20)29-19(24)13-8-16(27-2)17(28-3)9-15(13)22(25)26/h4-9,11H,1-3H3,(H,21,23)/t11-/m1/s1. The van der Waals surface area contributed by atoms with E-state index in [4.69, 9.17) is 19.5 Å². The van der Waals surface area contributed by atoms with Crippen LogP contribution >= 0.6 is 0 Å². The fourth-order valence-electron chi connectivity index (χ4n) is 2.38. The first-order valence-corrected chi connectivity index (χ1v) is 8.23. The number of amides is 1. The zero-order valence-electron chi connectivity index (χ0n) is 15.8. The molecule has 0 radical (unpaired) electrons. The number of esters is 1. The summed E-state index contributed by atoms with van der Waals surface area (Å²) in [5.41, 5.74) is -0.477. The van der Waals surface area contributed by atoms with E-state index in [0.29, 0.717) is 0 Å². The van der Waals surface area contributed by atoms with Gasteiger partial charge in [0.05, 0.1) is 36.5 Å². The molecule has 0 heterocycles. The Labute approximate surface area is 165 Å². The van der Waals surface area contributed by atoms with Gasteiger partial charge in [0.25, 0.3) is 11.6 Å². The Morgan fingerprint density at radius 2 is 1.79 bits per heavy atom. The quantitative estimate of drug-likeness (QED) is 0.425. The minimum absolute atomic E-state index is 0.0645. The lowest BCUT2D eigenvalue weighted by Crippen LogP contribution is -2.30. The van der Waals surface area contributed by atoms with Crippen molar-refractivity contribution < 1.29 is 28.7 Å². The topological polar surface area (TPSA) is 141 Å². The van der Waals surface area contributed by atoms with Crippen molar-refractivity contribution >= 4 is 23.3 Å². The second-order valence-corrected chi connectivity index (χ2v) is 5.68. The number of anilines is 1. The van der Waals surface area contributed by atoms with Crippen LogP contribution in [0, 0.1) is 21.4 Å². The molecule has 0 aliphatic carbocycles. The Balaban J connectivity index is 2.23. The number of rotatable bonds is 7. The van der Waals surface area contributed by atoms with Gasteiger partial charge < -0.3 is 19.5 Å². The van der Waals surface area contributed by atoms with Crippen LogP contribution in [0.3, 0.4) is 0 Å². The lowest BCUT2D eigenvalue weighted by atomic mass is 10.1. The zero-order valence-corrected chi connectivity index (χ0v) is 15.8. The first kappa shape index (κ1) is 21.2. The highest BCUT2D eigenvalue weighted by molar-refractivity contribution is 5.99. The molecule has 0 saturated carbocycles. The summed E-state index contributed by atoms with van der Waals surface area (Å²) < 4.78 is 15.1. The average Bonchev–Trinajstić information content (AvgIpc) is 2.72. The number of ether oxygens (including phenoxy) is 3. The fraction of sp³-hybridized carbons (Fsp3) is 0.211. The van der Waals surface area contributed by atoms with E-state index in [2.05, 4.69) is 5.32 Å².